The average molecular weight is 405 g/mol. The zero-order valence-electron chi connectivity index (χ0n) is 19.7. The molecule has 2 N–H and O–H groups in total. The van der Waals surface area contributed by atoms with E-state index in [9.17, 15) is 9.59 Å². The van der Waals surface area contributed by atoms with Crippen molar-refractivity contribution in [3.8, 4) is 0 Å². The molecular formula is C23H40N4O2. The summed E-state index contributed by atoms with van der Waals surface area (Å²) in [7, 11) is 3.97. The molecule has 1 rings (SSSR count). The Labute approximate surface area is 177 Å². The van der Waals surface area contributed by atoms with Crippen LogP contribution in [-0.4, -0.2) is 42.5 Å². The number of benzene rings is 1. The van der Waals surface area contributed by atoms with E-state index in [0.717, 1.165) is 23.4 Å². The number of carbonyl (C=O) groups is 2. The lowest BCUT2D eigenvalue weighted by Crippen LogP contribution is -2.51. The minimum Gasteiger partial charge on any atom is -0.377 e. The highest BCUT2D eigenvalue weighted by Crippen LogP contribution is 2.26. The van der Waals surface area contributed by atoms with Crippen LogP contribution in [-0.2, 0) is 11.3 Å². The zero-order valence-corrected chi connectivity index (χ0v) is 19.7. The van der Waals surface area contributed by atoms with E-state index in [2.05, 4.69) is 24.5 Å². The van der Waals surface area contributed by atoms with Gasteiger partial charge in [-0.15, -0.1) is 0 Å². The van der Waals surface area contributed by atoms with Gasteiger partial charge in [0.2, 0.25) is 5.91 Å². The highest BCUT2D eigenvalue weighted by Gasteiger charge is 2.24. The lowest BCUT2D eigenvalue weighted by Gasteiger charge is -2.33. The molecule has 0 aliphatic heterocycles. The van der Waals surface area contributed by atoms with Crippen molar-refractivity contribution in [3.63, 3.8) is 0 Å². The average Bonchev–Trinajstić information content (AvgIpc) is 2.56. The van der Waals surface area contributed by atoms with E-state index in [-0.39, 0.29) is 23.5 Å². The Morgan fingerprint density at radius 3 is 2.21 bits per heavy atom. The number of rotatable bonds is 8. The van der Waals surface area contributed by atoms with Crippen LogP contribution >= 0.6 is 0 Å². The molecule has 6 heteroatoms. The molecule has 1 aromatic rings. The molecule has 3 amide bonds. The molecule has 29 heavy (non-hydrogen) atoms. The van der Waals surface area contributed by atoms with Crippen molar-refractivity contribution in [3.05, 3.63) is 23.8 Å². The highest BCUT2D eigenvalue weighted by molar-refractivity contribution is 5.91. The maximum Gasteiger partial charge on any atom is 0.318 e. The normalized spacial score (nSPS) is 12.5. The summed E-state index contributed by atoms with van der Waals surface area (Å²) < 4.78 is 0. The molecule has 164 valence electrons. The predicted molar refractivity (Wildman–Crippen MR) is 122 cm³/mol. The second-order valence-electron chi connectivity index (χ2n) is 9.45. The minimum atomic E-state index is -0.306. The van der Waals surface area contributed by atoms with Crippen molar-refractivity contribution < 1.29 is 9.59 Å². The number of urea groups is 1. The second-order valence-corrected chi connectivity index (χ2v) is 9.45. The first-order chi connectivity index (χ1) is 13.3. The molecule has 0 saturated carbocycles. The van der Waals surface area contributed by atoms with Gasteiger partial charge in [-0.2, -0.15) is 0 Å². The van der Waals surface area contributed by atoms with Gasteiger partial charge in [0.25, 0.3) is 0 Å². The van der Waals surface area contributed by atoms with Gasteiger partial charge in [-0.25, -0.2) is 4.79 Å². The largest absolute Gasteiger partial charge is 0.377 e. The van der Waals surface area contributed by atoms with Crippen LogP contribution < -0.4 is 15.5 Å². The fourth-order valence-corrected chi connectivity index (χ4v) is 3.03. The van der Waals surface area contributed by atoms with Crippen LogP contribution in [0.25, 0.3) is 0 Å². The smallest absolute Gasteiger partial charge is 0.318 e. The van der Waals surface area contributed by atoms with Gasteiger partial charge < -0.3 is 20.4 Å². The quantitative estimate of drug-likeness (QED) is 0.651. The van der Waals surface area contributed by atoms with E-state index in [4.69, 9.17) is 0 Å². The summed E-state index contributed by atoms with van der Waals surface area (Å²) in [4.78, 5) is 29.1. The maximum atomic E-state index is 13.0. The first-order valence-electron chi connectivity index (χ1n) is 10.5. The lowest BCUT2D eigenvalue weighted by molar-refractivity contribution is -0.116. The Balaban J connectivity index is 3.19. The molecule has 0 saturated heterocycles. The number of carbonyl (C=O) groups excluding carboxylic acids is 2. The maximum absolute atomic E-state index is 13.0. The van der Waals surface area contributed by atoms with Gasteiger partial charge in [0.15, 0.2) is 0 Å². The Morgan fingerprint density at radius 2 is 1.72 bits per heavy atom. The number of nitrogens with one attached hydrogen (secondary N) is 2. The van der Waals surface area contributed by atoms with Gasteiger partial charge in [0.05, 0.1) is 0 Å². The Kier molecular flexibility index (Phi) is 8.99. The Bertz CT molecular complexity index is 693. The van der Waals surface area contributed by atoms with Crippen LogP contribution in [0.2, 0.25) is 0 Å². The molecule has 0 bridgehead atoms. The van der Waals surface area contributed by atoms with E-state index in [1.165, 1.54) is 0 Å². The van der Waals surface area contributed by atoms with E-state index < -0.39 is 0 Å². The van der Waals surface area contributed by atoms with Gasteiger partial charge >= 0.3 is 6.03 Å². The monoisotopic (exact) mass is 404 g/mol. The van der Waals surface area contributed by atoms with Gasteiger partial charge in [-0.1, -0.05) is 20.8 Å². The van der Waals surface area contributed by atoms with E-state index >= 15 is 0 Å². The van der Waals surface area contributed by atoms with Crippen LogP contribution in [0.3, 0.4) is 0 Å². The molecule has 1 aromatic carbocycles. The molecular weight excluding hydrogens is 364 g/mol. The second kappa shape index (κ2) is 10.5. The Morgan fingerprint density at radius 1 is 1.10 bits per heavy atom. The van der Waals surface area contributed by atoms with Crippen LogP contribution in [0.4, 0.5) is 16.2 Å². The highest BCUT2D eigenvalue weighted by atomic mass is 16.2. The number of nitrogens with zero attached hydrogens (tertiary/aromatic N) is 2. The summed E-state index contributed by atoms with van der Waals surface area (Å²) in [6.07, 6.45) is 1.34. The molecule has 1 atom stereocenters. The van der Waals surface area contributed by atoms with Gasteiger partial charge in [0.1, 0.15) is 0 Å². The van der Waals surface area contributed by atoms with Crippen LogP contribution in [0.15, 0.2) is 18.2 Å². The van der Waals surface area contributed by atoms with E-state index in [1.54, 1.807) is 0 Å². The lowest BCUT2D eigenvalue weighted by atomic mass is 10.1. The number of hydrogen-bond acceptors (Lipinski definition) is 3. The van der Waals surface area contributed by atoms with Gasteiger partial charge in [0, 0.05) is 50.0 Å². The number of hydrogen-bond donors (Lipinski definition) is 2. The molecule has 0 fully saturated rings. The van der Waals surface area contributed by atoms with Crippen LogP contribution in [0, 0.1) is 5.92 Å². The fraction of sp³-hybridized carbons (Fsp3) is 0.652. The van der Waals surface area contributed by atoms with Crippen molar-refractivity contribution in [2.24, 2.45) is 5.92 Å². The van der Waals surface area contributed by atoms with Crippen molar-refractivity contribution in [2.45, 2.75) is 79.4 Å². The summed E-state index contributed by atoms with van der Waals surface area (Å²) in [5.74, 6) is 0.310. The molecule has 0 radical (unpaired) electrons. The topological polar surface area (TPSA) is 64.7 Å². The van der Waals surface area contributed by atoms with E-state index in [1.807, 2.05) is 76.7 Å². The molecule has 0 aliphatic carbocycles. The van der Waals surface area contributed by atoms with Crippen molar-refractivity contribution >= 4 is 23.3 Å². The molecule has 0 spiro atoms. The minimum absolute atomic E-state index is 0.00723. The van der Waals surface area contributed by atoms with Crippen LogP contribution in [0.5, 0.6) is 0 Å². The molecule has 6 nitrogen and oxygen atoms in total. The van der Waals surface area contributed by atoms with E-state index in [0.29, 0.717) is 18.9 Å². The van der Waals surface area contributed by atoms with Gasteiger partial charge in [-0.05, 0) is 63.8 Å². The summed E-state index contributed by atoms with van der Waals surface area (Å²) >= 11 is 0. The van der Waals surface area contributed by atoms with Crippen molar-refractivity contribution in [1.29, 1.82) is 0 Å². The molecule has 0 heterocycles. The third kappa shape index (κ3) is 8.34. The Hall–Kier alpha value is -2.24. The molecule has 0 aliphatic rings. The zero-order chi connectivity index (χ0) is 22.4. The number of anilines is 2. The SMILES string of the molecule is CCC(C)N(Cc1cc(NC(=O)CC(C)C)ccc1N(C)C)C(=O)NC(C)(C)C. The summed E-state index contributed by atoms with van der Waals surface area (Å²) in [5.41, 5.74) is 2.49. The standard InChI is InChI=1S/C23H40N4O2/c1-10-17(4)27(22(29)25-23(5,6)7)15-18-14-19(11-12-20(18)26(8)9)24-21(28)13-16(2)3/h11-12,14,16-17H,10,13,15H2,1-9H3,(H,24,28)(H,25,29). The third-order valence-electron chi connectivity index (χ3n) is 4.65. The summed E-state index contributed by atoms with van der Waals surface area (Å²) in [6, 6.07) is 5.90. The predicted octanol–water partition coefficient (Wildman–Crippen LogP) is 4.85. The van der Waals surface area contributed by atoms with Gasteiger partial charge in [-0.3, -0.25) is 4.79 Å². The van der Waals surface area contributed by atoms with Crippen molar-refractivity contribution in [1.82, 2.24) is 10.2 Å². The van der Waals surface area contributed by atoms with Crippen molar-refractivity contribution in [2.75, 3.05) is 24.3 Å². The molecule has 0 aromatic heterocycles. The fourth-order valence-electron chi connectivity index (χ4n) is 3.03. The first kappa shape index (κ1) is 24.8. The summed E-state index contributed by atoms with van der Waals surface area (Å²) in [5, 5.41) is 6.06. The molecule has 1 unspecified atom stereocenters. The number of amides is 3. The third-order valence-corrected chi connectivity index (χ3v) is 4.65. The first-order valence-corrected chi connectivity index (χ1v) is 10.5. The van der Waals surface area contributed by atoms with Crippen LogP contribution in [0.1, 0.15) is 66.9 Å². The summed E-state index contributed by atoms with van der Waals surface area (Å²) in [6.45, 7) is 14.6.